The van der Waals surface area contributed by atoms with Crippen LogP contribution in [0.2, 0.25) is 0 Å². The van der Waals surface area contributed by atoms with Crippen LogP contribution in [0.5, 0.6) is 5.75 Å². The SMILES string of the molecule is C=CCNC(=O)COc1c(F)cccc1CNCCC. The monoisotopic (exact) mass is 280 g/mol. The van der Waals surface area contributed by atoms with Crippen LogP contribution in [0.1, 0.15) is 18.9 Å². The minimum Gasteiger partial charge on any atom is -0.480 e. The van der Waals surface area contributed by atoms with Gasteiger partial charge < -0.3 is 15.4 Å². The van der Waals surface area contributed by atoms with Gasteiger partial charge >= 0.3 is 0 Å². The van der Waals surface area contributed by atoms with E-state index in [0.717, 1.165) is 13.0 Å². The first-order valence-corrected chi connectivity index (χ1v) is 6.67. The van der Waals surface area contributed by atoms with E-state index in [1.54, 1.807) is 18.2 Å². The average Bonchev–Trinajstić information content (AvgIpc) is 2.44. The topological polar surface area (TPSA) is 50.4 Å². The zero-order chi connectivity index (χ0) is 14.8. The molecule has 1 rings (SSSR count). The van der Waals surface area contributed by atoms with Gasteiger partial charge in [-0.1, -0.05) is 25.1 Å². The Balaban J connectivity index is 2.62. The molecule has 0 spiro atoms. The summed E-state index contributed by atoms with van der Waals surface area (Å²) in [6.45, 7) is 7.06. The maximum absolute atomic E-state index is 13.8. The number of para-hydroxylation sites is 1. The number of benzene rings is 1. The van der Waals surface area contributed by atoms with Crippen LogP contribution in [0.25, 0.3) is 0 Å². The van der Waals surface area contributed by atoms with Crippen molar-refractivity contribution in [3.63, 3.8) is 0 Å². The molecule has 0 saturated heterocycles. The highest BCUT2D eigenvalue weighted by molar-refractivity contribution is 5.77. The molecule has 2 N–H and O–H groups in total. The van der Waals surface area contributed by atoms with Crippen LogP contribution >= 0.6 is 0 Å². The number of carbonyl (C=O) groups is 1. The van der Waals surface area contributed by atoms with Crippen LogP contribution in [0, 0.1) is 5.82 Å². The molecule has 20 heavy (non-hydrogen) atoms. The summed E-state index contributed by atoms with van der Waals surface area (Å²) < 4.78 is 19.1. The first-order chi connectivity index (χ1) is 9.69. The normalized spacial score (nSPS) is 10.1. The third kappa shape index (κ3) is 5.40. The maximum Gasteiger partial charge on any atom is 0.258 e. The lowest BCUT2D eigenvalue weighted by atomic mass is 10.2. The zero-order valence-electron chi connectivity index (χ0n) is 11.7. The zero-order valence-corrected chi connectivity index (χ0v) is 11.7. The fourth-order valence-electron chi connectivity index (χ4n) is 1.63. The van der Waals surface area contributed by atoms with Crippen LogP contribution in [0.3, 0.4) is 0 Å². The van der Waals surface area contributed by atoms with Crippen LogP contribution in [0.15, 0.2) is 30.9 Å². The molecule has 0 unspecified atom stereocenters. The lowest BCUT2D eigenvalue weighted by Gasteiger charge is -2.12. The smallest absolute Gasteiger partial charge is 0.258 e. The molecule has 0 radical (unpaired) electrons. The second kappa shape index (κ2) is 9.09. The molecule has 1 aromatic carbocycles. The van der Waals surface area contributed by atoms with Gasteiger partial charge in [0.25, 0.3) is 5.91 Å². The van der Waals surface area contributed by atoms with Crippen LogP contribution in [-0.2, 0) is 11.3 Å². The predicted octanol–water partition coefficient (Wildman–Crippen LogP) is 2.01. The Morgan fingerprint density at radius 2 is 2.30 bits per heavy atom. The van der Waals surface area contributed by atoms with Gasteiger partial charge in [-0.2, -0.15) is 0 Å². The van der Waals surface area contributed by atoms with Gasteiger partial charge in [0.05, 0.1) is 0 Å². The molecule has 1 amide bonds. The molecule has 0 saturated carbocycles. The third-order valence-corrected chi connectivity index (χ3v) is 2.58. The number of nitrogens with one attached hydrogen (secondary N) is 2. The average molecular weight is 280 g/mol. The summed E-state index contributed by atoms with van der Waals surface area (Å²) >= 11 is 0. The summed E-state index contributed by atoms with van der Waals surface area (Å²) in [7, 11) is 0. The molecular formula is C15H21FN2O2. The molecule has 0 aliphatic heterocycles. The molecule has 0 aliphatic carbocycles. The van der Waals surface area contributed by atoms with Crippen molar-refractivity contribution in [3.05, 3.63) is 42.2 Å². The van der Waals surface area contributed by atoms with Gasteiger partial charge in [0.2, 0.25) is 0 Å². The van der Waals surface area contributed by atoms with E-state index in [1.165, 1.54) is 6.07 Å². The third-order valence-electron chi connectivity index (χ3n) is 2.58. The van der Waals surface area contributed by atoms with E-state index >= 15 is 0 Å². The van der Waals surface area contributed by atoms with Gasteiger partial charge in [0.1, 0.15) is 0 Å². The number of carbonyl (C=O) groups excluding carboxylic acids is 1. The number of rotatable bonds is 9. The first-order valence-electron chi connectivity index (χ1n) is 6.67. The molecule has 110 valence electrons. The highest BCUT2D eigenvalue weighted by Crippen LogP contribution is 2.22. The van der Waals surface area contributed by atoms with Crippen molar-refractivity contribution >= 4 is 5.91 Å². The fourth-order valence-corrected chi connectivity index (χ4v) is 1.63. The molecule has 5 heteroatoms. The van der Waals surface area contributed by atoms with Gasteiger partial charge in [0, 0.05) is 18.7 Å². The number of hydrogen-bond donors (Lipinski definition) is 2. The molecule has 4 nitrogen and oxygen atoms in total. The van der Waals surface area contributed by atoms with E-state index in [1.807, 2.05) is 0 Å². The van der Waals surface area contributed by atoms with E-state index in [4.69, 9.17) is 4.74 Å². The maximum atomic E-state index is 13.8. The lowest BCUT2D eigenvalue weighted by molar-refractivity contribution is -0.122. The molecular weight excluding hydrogens is 259 g/mol. The molecule has 1 aromatic rings. The molecule has 0 heterocycles. The molecule has 0 fully saturated rings. The summed E-state index contributed by atoms with van der Waals surface area (Å²) in [5, 5.41) is 5.75. The van der Waals surface area contributed by atoms with E-state index in [0.29, 0.717) is 18.7 Å². The number of halogens is 1. The number of hydrogen-bond acceptors (Lipinski definition) is 3. The van der Waals surface area contributed by atoms with Crippen molar-refractivity contribution in [1.82, 2.24) is 10.6 Å². The summed E-state index contributed by atoms with van der Waals surface area (Å²) in [5.41, 5.74) is 0.704. The van der Waals surface area contributed by atoms with Crippen molar-refractivity contribution in [2.75, 3.05) is 19.7 Å². The van der Waals surface area contributed by atoms with Crippen molar-refractivity contribution in [2.45, 2.75) is 19.9 Å². The lowest BCUT2D eigenvalue weighted by Crippen LogP contribution is -2.29. The predicted molar refractivity (Wildman–Crippen MR) is 77.1 cm³/mol. The number of ether oxygens (including phenoxy) is 1. The van der Waals surface area contributed by atoms with Gasteiger partial charge in [-0.3, -0.25) is 4.79 Å². The Labute approximate surface area is 119 Å². The van der Waals surface area contributed by atoms with Crippen molar-refractivity contribution in [3.8, 4) is 5.75 Å². The van der Waals surface area contributed by atoms with E-state index in [9.17, 15) is 9.18 Å². The van der Waals surface area contributed by atoms with Crippen LogP contribution < -0.4 is 15.4 Å². The largest absolute Gasteiger partial charge is 0.480 e. The Morgan fingerprint density at radius 3 is 3.00 bits per heavy atom. The molecule has 0 atom stereocenters. The molecule has 0 aromatic heterocycles. The first kappa shape index (κ1) is 16.2. The van der Waals surface area contributed by atoms with Crippen molar-refractivity contribution < 1.29 is 13.9 Å². The van der Waals surface area contributed by atoms with Gasteiger partial charge in [-0.15, -0.1) is 6.58 Å². The summed E-state index contributed by atoms with van der Waals surface area (Å²) in [4.78, 5) is 11.4. The Bertz CT molecular complexity index is 449. The van der Waals surface area contributed by atoms with Gasteiger partial charge in [-0.05, 0) is 19.0 Å². The van der Waals surface area contributed by atoms with Gasteiger partial charge in [0.15, 0.2) is 18.2 Å². The Hall–Kier alpha value is -1.88. The molecule has 0 bridgehead atoms. The Kier molecular flexibility index (Phi) is 7.35. The van der Waals surface area contributed by atoms with E-state index in [-0.39, 0.29) is 18.3 Å². The minimum absolute atomic E-state index is 0.129. The second-order valence-corrected chi connectivity index (χ2v) is 4.29. The minimum atomic E-state index is -0.461. The quantitative estimate of drug-likeness (QED) is 0.537. The second-order valence-electron chi connectivity index (χ2n) is 4.29. The Morgan fingerprint density at radius 1 is 1.50 bits per heavy atom. The summed E-state index contributed by atoms with van der Waals surface area (Å²) in [5.74, 6) is -0.636. The highest BCUT2D eigenvalue weighted by Gasteiger charge is 2.11. The standard InChI is InChI=1S/C15H21FN2O2/c1-3-8-17-10-12-6-5-7-13(16)15(12)20-11-14(19)18-9-4-2/h4-7,17H,2-3,8-11H2,1H3,(H,18,19). The van der Waals surface area contributed by atoms with Crippen LogP contribution in [0.4, 0.5) is 4.39 Å². The molecule has 0 aliphatic rings. The van der Waals surface area contributed by atoms with Crippen molar-refractivity contribution in [2.24, 2.45) is 0 Å². The summed E-state index contributed by atoms with van der Waals surface area (Å²) in [6.07, 6.45) is 2.57. The highest BCUT2D eigenvalue weighted by atomic mass is 19.1. The number of amides is 1. The van der Waals surface area contributed by atoms with Crippen molar-refractivity contribution in [1.29, 1.82) is 0 Å². The van der Waals surface area contributed by atoms with Crippen LogP contribution in [-0.4, -0.2) is 25.6 Å². The van der Waals surface area contributed by atoms with E-state index in [2.05, 4.69) is 24.1 Å². The van der Waals surface area contributed by atoms with E-state index < -0.39 is 5.82 Å². The summed E-state index contributed by atoms with van der Waals surface area (Å²) in [6, 6.07) is 4.73. The van der Waals surface area contributed by atoms with Gasteiger partial charge in [-0.25, -0.2) is 4.39 Å². The fraction of sp³-hybridized carbons (Fsp3) is 0.400.